The molecule has 3 N–H and O–H groups in total. The Hall–Kier alpha value is -4.54. The quantitative estimate of drug-likeness (QED) is 0.222. The topological polar surface area (TPSA) is 118 Å². The van der Waals surface area contributed by atoms with Crippen LogP contribution in [0, 0.1) is 0 Å². The van der Waals surface area contributed by atoms with Crippen molar-refractivity contribution in [2.75, 3.05) is 33.8 Å². The average Bonchev–Trinajstić information content (AvgIpc) is 3.63. The minimum Gasteiger partial charge on any atom is -0.495 e. The van der Waals surface area contributed by atoms with E-state index in [-0.39, 0.29) is 12.3 Å². The van der Waals surface area contributed by atoms with Crippen molar-refractivity contribution < 1.29 is 28.2 Å². The number of methoxy groups -OCH3 is 4. The zero-order valence-corrected chi connectivity index (χ0v) is 23.3. The van der Waals surface area contributed by atoms with E-state index < -0.39 is 6.04 Å². The summed E-state index contributed by atoms with van der Waals surface area (Å²) in [7, 11) is 6.26. The Morgan fingerprint density at radius 1 is 0.925 bits per heavy atom. The highest BCUT2D eigenvalue weighted by Gasteiger charge is 2.21. The number of anilines is 1. The minimum absolute atomic E-state index is 0.252. The lowest BCUT2D eigenvalue weighted by molar-refractivity contribution is -0.117. The maximum Gasteiger partial charge on any atom is 0.241 e. The number of nitrogens with one attached hydrogen (secondary N) is 1. The summed E-state index contributed by atoms with van der Waals surface area (Å²) >= 11 is 1.34. The molecule has 5 aromatic rings. The molecule has 2 aromatic heterocycles. The fourth-order valence-corrected chi connectivity index (χ4v) is 5.27. The van der Waals surface area contributed by atoms with Crippen LogP contribution in [0.4, 0.5) is 5.69 Å². The molecule has 1 amide bonds. The number of amides is 1. The molecule has 0 radical (unpaired) electrons. The summed E-state index contributed by atoms with van der Waals surface area (Å²) in [6.45, 7) is 0. The summed E-state index contributed by atoms with van der Waals surface area (Å²) in [6, 6.07) is 18.0. The third-order valence-corrected chi connectivity index (χ3v) is 7.35. The number of fused-ring (bicyclic) bond motifs is 1. The first-order valence-corrected chi connectivity index (χ1v) is 13.2. The molecule has 2 heterocycles. The lowest BCUT2D eigenvalue weighted by Gasteiger charge is -2.16. The number of benzene rings is 3. The Morgan fingerprint density at radius 2 is 1.65 bits per heavy atom. The summed E-state index contributed by atoms with van der Waals surface area (Å²) < 4.78 is 32.3. The van der Waals surface area contributed by atoms with Crippen LogP contribution in [0.5, 0.6) is 23.0 Å². The van der Waals surface area contributed by atoms with Gasteiger partial charge in [0, 0.05) is 29.1 Å². The number of aromatic nitrogens is 1. The number of furan rings is 1. The van der Waals surface area contributed by atoms with Gasteiger partial charge >= 0.3 is 0 Å². The lowest BCUT2D eigenvalue weighted by Crippen LogP contribution is -2.37. The largest absolute Gasteiger partial charge is 0.495 e. The molecule has 0 unspecified atom stereocenters. The van der Waals surface area contributed by atoms with Gasteiger partial charge in [-0.25, -0.2) is 0 Å². The smallest absolute Gasteiger partial charge is 0.241 e. The molecule has 0 fully saturated rings. The second-order valence-electron chi connectivity index (χ2n) is 8.95. The molecule has 5 rings (SSSR count). The zero-order chi connectivity index (χ0) is 28.2. The van der Waals surface area contributed by atoms with Gasteiger partial charge < -0.3 is 34.4 Å². The third kappa shape index (κ3) is 5.31. The van der Waals surface area contributed by atoms with E-state index >= 15 is 0 Å². The molecule has 9 nitrogen and oxygen atoms in total. The van der Waals surface area contributed by atoms with Crippen LogP contribution in [0.3, 0.4) is 0 Å². The van der Waals surface area contributed by atoms with Crippen LogP contribution in [0.1, 0.15) is 5.76 Å². The molecule has 1 atom stereocenters. The van der Waals surface area contributed by atoms with E-state index in [0.29, 0.717) is 34.4 Å². The van der Waals surface area contributed by atoms with E-state index in [9.17, 15) is 4.79 Å². The molecule has 0 aliphatic heterocycles. The van der Waals surface area contributed by atoms with Crippen LogP contribution in [0.25, 0.3) is 32.5 Å². The number of para-hydroxylation sites is 1. The molecular weight excluding hydrogens is 530 g/mol. The zero-order valence-electron chi connectivity index (χ0n) is 22.5. The normalized spacial score (nSPS) is 11.7. The van der Waals surface area contributed by atoms with Crippen LogP contribution in [-0.2, 0) is 11.2 Å². The van der Waals surface area contributed by atoms with E-state index in [1.54, 1.807) is 40.7 Å². The van der Waals surface area contributed by atoms with Gasteiger partial charge in [0.05, 0.1) is 45.0 Å². The van der Waals surface area contributed by atoms with Gasteiger partial charge in [0.2, 0.25) is 11.7 Å². The monoisotopic (exact) mass is 559 g/mol. The Labute approximate surface area is 235 Å². The van der Waals surface area contributed by atoms with Crippen LogP contribution in [0.2, 0.25) is 0 Å². The highest BCUT2D eigenvalue weighted by atomic mass is 32.1. The molecule has 0 aliphatic rings. The summed E-state index contributed by atoms with van der Waals surface area (Å²) in [4.78, 5) is 14.0. The number of carbonyl (C=O) groups excluding carboxylic acids is 1. The maximum absolute atomic E-state index is 13.1. The first-order valence-electron chi connectivity index (χ1n) is 12.4. The van der Waals surface area contributed by atoms with E-state index in [1.165, 1.54) is 11.5 Å². The number of nitrogens with zero attached hydrogens (tertiary/aromatic N) is 1. The lowest BCUT2D eigenvalue weighted by atomic mass is 10.0. The molecule has 3 aromatic carbocycles. The van der Waals surface area contributed by atoms with Gasteiger partial charge in [-0.3, -0.25) is 4.79 Å². The van der Waals surface area contributed by atoms with Crippen molar-refractivity contribution in [3.05, 3.63) is 72.6 Å². The molecule has 206 valence electrons. The first-order chi connectivity index (χ1) is 19.4. The Bertz CT molecular complexity index is 1600. The Balaban J connectivity index is 1.42. The predicted molar refractivity (Wildman–Crippen MR) is 156 cm³/mol. The number of ether oxygens (including phenoxy) is 4. The van der Waals surface area contributed by atoms with Gasteiger partial charge in [-0.1, -0.05) is 24.3 Å². The second-order valence-corrected chi connectivity index (χ2v) is 9.75. The average molecular weight is 560 g/mol. The summed E-state index contributed by atoms with van der Waals surface area (Å²) in [6.07, 6.45) is 2.03. The van der Waals surface area contributed by atoms with Gasteiger partial charge in [-0.15, -0.1) is 0 Å². The van der Waals surface area contributed by atoms with Gasteiger partial charge in [0.25, 0.3) is 0 Å². The van der Waals surface area contributed by atoms with Crippen LogP contribution in [0.15, 0.2) is 71.3 Å². The van der Waals surface area contributed by atoms with Crippen molar-refractivity contribution in [1.29, 1.82) is 0 Å². The number of nitrogens with two attached hydrogens (primary N) is 1. The molecule has 40 heavy (non-hydrogen) atoms. The van der Waals surface area contributed by atoms with Gasteiger partial charge in [-0.05, 0) is 53.5 Å². The molecule has 0 saturated carbocycles. The van der Waals surface area contributed by atoms with Crippen molar-refractivity contribution in [1.82, 2.24) is 4.37 Å². The van der Waals surface area contributed by atoms with Crippen LogP contribution in [-0.4, -0.2) is 44.8 Å². The summed E-state index contributed by atoms with van der Waals surface area (Å²) in [5.74, 6) is 2.38. The van der Waals surface area contributed by atoms with Crippen LogP contribution >= 0.6 is 11.5 Å². The Kier molecular flexibility index (Phi) is 7.90. The number of rotatable bonds is 10. The maximum atomic E-state index is 13.1. The van der Waals surface area contributed by atoms with Crippen molar-refractivity contribution >= 4 is 34.1 Å². The molecule has 0 bridgehead atoms. The van der Waals surface area contributed by atoms with Crippen molar-refractivity contribution in [2.24, 2.45) is 5.73 Å². The summed E-state index contributed by atoms with van der Waals surface area (Å²) in [5.41, 5.74) is 10.1. The van der Waals surface area contributed by atoms with Crippen molar-refractivity contribution in [3.63, 3.8) is 0 Å². The molecule has 0 spiro atoms. The number of carbonyl (C=O) groups is 1. The fourth-order valence-electron chi connectivity index (χ4n) is 4.51. The van der Waals surface area contributed by atoms with Crippen molar-refractivity contribution in [2.45, 2.75) is 12.5 Å². The molecular formula is C30H29N3O6S. The van der Waals surface area contributed by atoms with E-state index in [4.69, 9.17) is 29.1 Å². The van der Waals surface area contributed by atoms with E-state index in [2.05, 4.69) is 9.69 Å². The predicted octanol–water partition coefficient (Wildman–Crippen LogP) is 5.77. The SMILES string of the molecule is COc1ccc(-c2cnsc2-c2cc(OC)c(OC)c(OC)c2)cc1NC(=O)[C@@H](N)Cc1cc2ccccc2o1. The molecule has 10 heteroatoms. The van der Waals surface area contributed by atoms with Gasteiger partial charge in [-0.2, -0.15) is 4.37 Å². The minimum atomic E-state index is -0.827. The van der Waals surface area contributed by atoms with Gasteiger partial charge in [0.15, 0.2) is 11.5 Å². The van der Waals surface area contributed by atoms with Crippen molar-refractivity contribution in [3.8, 4) is 44.6 Å². The third-order valence-electron chi connectivity index (χ3n) is 6.50. The van der Waals surface area contributed by atoms with E-state index in [1.807, 2.05) is 54.6 Å². The molecule has 0 aliphatic carbocycles. The highest BCUT2D eigenvalue weighted by Crippen LogP contribution is 2.45. The van der Waals surface area contributed by atoms with Crippen LogP contribution < -0.4 is 30.0 Å². The first kappa shape index (κ1) is 27.0. The highest BCUT2D eigenvalue weighted by molar-refractivity contribution is 7.10. The number of hydrogen-bond donors (Lipinski definition) is 2. The standard InChI is InChI=1S/C30H29N3O6S/c1-35-25-10-9-17(21-16-32-40-29(21)19-13-26(36-2)28(38-4)27(14-19)37-3)12-23(25)33-30(34)22(31)15-20-11-18-7-5-6-8-24(18)39-20/h5-14,16,22H,15,31H2,1-4H3,(H,33,34)/t22-/m0/s1. The second kappa shape index (κ2) is 11.7. The molecule has 0 saturated heterocycles. The van der Waals surface area contributed by atoms with E-state index in [0.717, 1.165) is 32.5 Å². The van der Waals surface area contributed by atoms with Gasteiger partial charge in [0.1, 0.15) is 17.1 Å². The summed E-state index contributed by atoms with van der Waals surface area (Å²) in [5, 5.41) is 3.89. The Morgan fingerprint density at radius 3 is 2.33 bits per heavy atom. The fraction of sp³-hybridized carbons (Fsp3) is 0.200. The number of hydrogen-bond acceptors (Lipinski definition) is 9.